The number of nitrogens with zero attached hydrogens (tertiary/aromatic N) is 1. The maximum absolute atomic E-state index is 11.9. The third kappa shape index (κ3) is 5.99. The van der Waals surface area contributed by atoms with Crippen LogP contribution < -0.4 is 15.8 Å². The molecule has 9 heteroatoms. The fourth-order valence-electron chi connectivity index (χ4n) is 2.17. The van der Waals surface area contributed by atoms with E-state index in [1.54, 1.807) is 0 Å². The first-order chi connectivity index (χ1) is 12.9. The van der Waals surface area contributed by atoms with Gasteiger partial charge in [0.15, 0.2) is 6.61 Å². The van der Waals surface area contributed by atoms with Gasteiger partial charge in [0.2, 0.25) is 0 Å². The van der Waals surface area contributed by atoms with Crippen molar-refractivity contribution in [1.29, 1.82) is 0 Å². The molecule has 0 aliphatic rings. The summed E-state index contributed by atoms with van der Waals surface area (Å²) in [5.74, 6) is -0.644. The van der Waals surface area contributed by atoms with E-state index in [1.807, 2.05) is 31.2 Å². The quantitative estimate of drug-likeness (QED) is 0.237. The van der Waals surface area contributed by atoms with Crippen LogP contribution in [0, 0.1) is 17.0 Å². The molecular weight excluding hydrogens is 354 g/mol. The van der Waals surface area contributed by atoms with Gasteiger partial charge in [0, 0.05) is 12.1 Å². The van der Waals surface area contributed by atoms with E-state index in [4.69, 9.17) is 15.2 Å². The van der Waals surface area contributed by atoms with Gasteiger partial charge in [0.25, 0.3) is 11.6 Å². The molecule has 0 heterocycles. The average Bonchev–Trinajstić information content (AvgIpc) is 2.63. The molecule has 2 aromatic carbocycles. The van der Waals surface area contributed by atoms with Crippen molar-refractivity contribution in [3.63, 3.8) is 0 Å². The summed E-state index contributed by atoms with van der Waals surface area (Å²) < 4.78 is 10.3. The third-order valence-corrected chi connectivity index (χ3v) is 3.48. The molecule has 2 rings (SSSR count). The van der Waals surface area contributed by atoms with Crippen molar-refractivity contribution < 1.29 is 24.0 Å². The molecule has 0 atom stereocenters. The number of benzene rings is 2. The van der Waals surface area contributed by atoms with Gasteiger partial charge in [-0.25, -0.2) is 4.79 Å². The summed E-state index contributed by atoms with van der Waals surface area (Å²) in [6.07, 6.45) is 0. The van der Waals surface area contributed by atoms with Gasteiger partial charge in [-0.05, 0) is 30.7 Å². The van der Waals surface area contributed by atoms with Gasteiger partial charge in [0.05, 0.1) is 22.7 Å². The number of amides is 1. The van der Waals surface area contributed by atoms with E-state index in [0.717, 1.165) is 17.7 Å². The zero-order valence-corrected chi connectivity index (χ0v) is 14.6. The van der Waals surface area contributed by atoms with Crippen LogP contribution in [0.5, 0.6) is 5.75 Å². The number of nitrogens with one attached hydrogen (secondary N) is 1. The summed E-state index contributed by atoms with van der Waals surface area (Å²) in [4.78, 5) is 33.7. The van der Waals surface area contributed by atoms with Gasteiger partial charge in [-0.2, -0.15) is 0 Å². The van der Waals surface area contributed by atoms with Crippen molar-refractivity contribution in [2.24, 2.45) is 0 Å². The number of hydrogen-bond donors (Lipinski definition) is 2. The van der Waals surface area contributed by atoms with Gasteiger partial charge in [-0.1, -0.05) is 12.1 Å². The first-order valence-electron chi connectivity index (χ1n) is 8.04. The molecule has 27 heavy (non-hydrogen) atoms. The second-order valence-corrected chi connectivity index (χ2v) is 5.62. The van der Waals surface area contributed by atoms with Crippen LogP contribution in [-0.2, 0) is 9.53 Å². The Kier molecular flexibility index (Phi) is 6.70. The first-order valence-corrected chi connectivity index (χ1v) is 8.04. The molecule has 0 spiro atoms. The average molecular weight is 373 g/mol. The van der Waals surface area contributed by atoms with Gasteiger partial charge < -0.3 is 20.5 Å². The molecule has 0 aliphatic carbocycles. The molecule has 142 valence electrons. The van der Waals surface area contributed by atoms with E-state index in [2.05, 4.69) is 5.32 Å². The van der Waals surface area contributed by atoms with E-state index < -0.39 is 23.4 Å². The molecule has 1 amide bonds. The highest BCUT2D eigenvalue weighted by Crippen LogP contribution is 2.20. The summed E-state index contributed by atoms with van der Waals surface area (Å²) in [6.45, 7) is 1.95. The van der Waals surface area contributed by atoms with Crippen LogP contribution >= 0.6 is 0 Å². The van der Waals surface area contributed by atoms with Gasteiger partial charge in [-0.15, -0.1) is 0 Å². The summed E-state index contributed by atoms with van der Waals surface area (Å²) in [5.41, 5.74) is 6.29. The zero-order chi connectivity index (χ0) is 19.8. The standard InChI is InChI=1S/C18H19N3O6/c1-12-3-2-4-14(9-12)26-8-7-20-17(22)11-27-18(23)15-6-5-13(21(24)25)10-16(15)19/h2-6,9-10H,7-8,11,19H2,1H3,(H,20,22). The monoisotopic (exact) mass is 373 g/mol. The van der Waals surface area contributed by atoms with Crippen molar-refractivity contribution in [1.82, 2.24) is 5.32 Å². The van der Waals surface area contributed by atoms with Crippen molar-refractivity contribution in [2.75, 3.05) is 25.5 Å². The number of rotatable bonds is 8. The summed E-state index contributed by atoms with van der Waals surface area (Å²) >= 11 is 0. The number of esters is 1. The summed E-state index contributed by atoms with van der Waals surface area (Å²) in [7, 11) is 0. The van der Waals surface area contributed by atoms with Crippen molar-refractivity contribution in [3.8, 4) is 5.75 Å². The number of ether oxygens (including phenoxy) is 2. The molecule has 0 fully saturated rings. The van der Waals surface area contributed by atoms with E-state index in [0.29, 0.717) is 5.75 Å². The number of nitro benzene ring substituents is 1. The largest absolute Gasteiger partial charge is 0.492 e. The fourth-order valence-corrected chi connectivity index (χ4v) is 2.17. The Hall–Kier alpha value is -3.62. The Morgan fingerprint density at radius 3 is 2.67 bits per heavy atom. The predicted octanol–water partition coefficient (Wildman–Crippen LogP) is 1.84. The minimum Gasteiger partial charge on any atom is -0.492 e. The lowest BCUT2D eigenvalue weighted by Gasteiger charge is -2.09. The van der Waals surface area contributed by atoms with E-state index in [-0.39, 0.29) is 30.1 Å². The Balaban J connectivity index is 1.73. The van der Waals surface area contributed by atoms with Crippen LogP contribution in [0.4, 0.5) is 11.4 Å². The molecule has 0 bridgehead atoms. The first kappa shape index (κ1) is 19.7. The molecular formula is C18H19N3O6. The Labute approximate surface area is 155 Å². The Morgan fingerprint density at radius 1 is 1.22 bits per heavy atom. The number of nitro groups is 1. The SMILES string of the molecule is Cc1cccc(OCCNC(=O)COC(=O)c2ccc([N+](=O)[O-])cc2N)c1. The minimum atomic E-state index is -0.839. The predicted molar refractivity (Wildman–Crippen MR) is 97.5 cm³/mol. The highest BCUT2D eigenvalue weighted by Gasteiger charge is 2.16. The number of nitrogens with two attached hydrogens (primary N) is 1. The number of carbonyl (C=O) groups excluding carboxylic acids is 2. The molecule has 0 saturated heterocycles. The molecule has 0 aromatic heterocycles. The lowest BCUT2D eigenvalue weighted by molar-refractivity contribution is -0.384. The second kappa shape index (κ2) is 9.18. The van der Waals surface area contributed by atoms with Crippen LogP contribution in [0.25, 0.3) is 0 Å². The van der Waals surface area contributed by atoms with Crippen LogP contribution in [0.2, 0.25) is 0 Å². The fraction of sp³-hybridized carbons (Fsp3) is 0.222. The van der Waals surface area contributed by atoms with Crippen molar-refractivity contribution >= 4 is 23.3 Å². The Morgan fingerprint density at radius 2 is 2.00 bits per heavy atom. The van der Waals surface area contributed by atoms with Crippen LogP contribution in [0.3, 0.4) is 0 Å². The number of hydrogen-bond acceptors (Lipinski definition) is 7. The van der Waals surface area contributed by atoms with Crippen molar-refractivity contribution in [3.05, 3.63) is 63.7 Å². The highest BCUT2D eigenvalue weighted by molar-refractivity contribution is 5.96. The van der Waals surface area contributed by atoms with Gasteiger partial charge >= 0.3 is 5.97 Å². The lowest BCUT2D eigenvalue weighted by Crippen LogP contribution is -2.32. The summed E-state index contributed by atoms with van der Waals surface area (Å²) in [6, 6.07) is 10.9. The topological polar surface area (TPSA) is 134 Å². The molecule has 2 aromatic rings. The van der Waals surface area contributed by atoms with Crippen molar-refractivity contribution in [2.45, 2.75) is 6.92 Å². The number of non-ortho nitro benzene ring substituents is 1. The number of carbonyl (C=O) groups is 2. The second-order valence-electron chi connectivity index (χ2n) is 5.62. The smallest absolute Gasteiger partial charge is 0.340 e. The Bertz CT molecular complexity index is 853. The van der Waals surface area contributed by atoms with Gasteiger partial charge in [-0.3, -0.25) is 14.9 Å². The molecule has 0 aliphatic heterocycles. The van der Waals surface area contributed by atoms with Crippen LogP contribution in [0.1, 0.15) is 15.9 Å². The van der Waals surface area contributed by atoms with E-state index in [9.17, 15) is 19.7 Å². The molecule has 0 unspecified atom stereocenters. The number of anilines is 1. The van der Waals surface area contributed by atoms with E-state index in [1.165, 1.54) is 6.07 Å². The third-order valence-electron chi connectivity index (χ3n) is 3.48. The maximum atomic E-state index is 11.9. The number of aryl methyl sites for hydroxylation is 1. The van der Waals surface area contributed by atoms with Crippen LogP contribution in [0.15, 0.2) is 42.5 Å². The molecule has 9 nitrogen and oxygen atoms in total. The molecule has 0 radical (unpaired) electrons. The molecule has 3 N–H and O–H groups in total. The normalized spacial score (nSPS) is 10.1. The minimum absolute atomic E-state index is 0.0452. The van der Waals surface area contributed by atoms with Crippen LogP contribution in [-0.4, -0.2) is 36.6 Å². The summed E-state index contributed by atoms with van der Waals surface area (Å²) in [5, 5.41) is 13.2. The zero-order valence-electron chi connectivity index (χ0n) is 14.6. The van der Waals surface area contributed by atoms with E-state index >= 15 is 0 Å². The maximum Gasteiger partial charge on any atom is 0.340 e. The lowest BCUT2D eigenvalue weighted by atomic mass is 10.1. The molecule has 0 saturated carbocycles. The number of nitrogen functional groups attached to an aromatic ring is 1. The highest BCUT2D eigenvalue weighted by atomic mass is 16.6. The van der Waals surface area contributed by atoms with Gasteiger partial charge in [0.1, 0.15) is 12.4 Å².